The Bertz CT molecular complexity index is 3180. The van der Waals surface area contributed by atoms with E-state index in [4.69, 9.17) is 45.7 Å². The molecule has 24 heteroatoms. The molecular formula is C54H56BBrF6N8O8. The van der Waals surface area contributed by atoms with E-state index in [1.54, 1.807) is 19.2 Å². The molecule has 6 aliphatic heterocycles. The number of guanidine groups is 2. The maximum Gasteiger partial charge on any atom is 0.489 e. The second-order valence-electron chi connectivity index (χ2n) is 21.3. The first-order chi connectivity index (χ1) is 36.4. The average molecular weight is 1150 g/mol. The van der Waals surface area contributed by atoms with Crippen LogP contribution in [0.15, 0.2) is 87.3 Å². The Morgan fingerprint density at radius 3 is 1.54 bits per heavy atom. The van der Waals surface area contributed by atoms with Gasteiger partial charge in [-0.25, -0.2) is 9.98 Å². The molecule has 6 aliphatic rings. The fraction of sp³-hybridized carbons (Fsp3) is 0.444. The Balaban J connectivity index is 0.000000170. The van der Waals surface area contributed by atoms with Crippen LogP contribution in [0, 0.1) is 34.5 Å². The third-order valence-corrected chi connectivity index (χ3v) is 15.5. The average Bonchev–Trinajstić information content (AvgIpc) is 3.92. The molecule has 10 rings (SSSR count). The lowest BCUT2D eigenvalue weighted by molar-refractivity contribution is -0.137. The van der Waals surface area contributed by atoms with Crippen LogP contribution in [0.4, 0.5) is 26.3 Å². The second kappa shape index (κ2) is 21.2. The SMILES string of the molecule is CN1C(=O)C2(CC(C3CCOC(C)(C)C3)Oc3ccc(-c4cc(C#N)ccc4C(F)(F)F)cc32)N=C1N.CN1C(=O)C2(CC(C3CCOC(C)(C)C3)Oc3ccc(Br)cc32)N=C1N.N#Cc1ccc(C(F)(F)F)c(B(O)O)c1. The number of aliphatic imine (C=N–C) groups is 2. The number of hydrogen-bond acceptors (Lipinski definition) is 14. The predicted octanol–water partition coefficient (Wildman–Crippen LogP) is 7.63. The highest BCUT2D eigenvalue weighted by atomic mass is 79.9. The first kappa shape index (κ1) is 57.5. The highest BCUT2D eigenvalue weighted by molar-refractivity contribution is 9.10. The van der Waals surface area contributed by atoms with Gasteiger partial charge < -0.3 is 40.5 Å². The fourth-order valence-corrected chi connectivity index (χ4v) is 11.6. The molecule has 6 N–H and O–H groups in total. The summed E-state index contributed by atoms with van der Waals surface area (Å²) in [5.41, 5.74) is 7.62. The molecule has 6 heterocycles. The van der Waals surface area contributed by atoms with E-state index in [1.165, 1.54) is 35.0 Å². The number of carbonyl (C=O) groups excluding carboxylic acids is 2. The van der Waals surface area contributed by atoms with Crippen molar-refractivity contribution in [2.45, 2.75) is 113 Å². The Morgan fingerprint density at radius 1 is 0.667 bits per heavy atom. The summed E-state index contributed by atoms with van der Waals surface area (Å²) in [6.07, 6.45) is -5.79. The maximum atomic E-state index is 13.9. The third kappa shape index (κ3) is 11.3. The molecule has 4 aromatic carbocycles. The van der Waals surface area contributed by atoms with E-state index in [2.05, 4.69) is 39.8 Å². The van der Waals surface area contributed by atoms with Crippen LogP contribution in [0.3, 0.4) is 0 Å². The predicted molar refractivity (Wildman–Crippen MR) is 277 cm³/mol. The van der Waals surface area contributed by atoms with E-state index in [0.717, 1.165) is 60.0 Å². The molecule has 78 heavy (non-hydrogen) atoms. The van der Waals surface area contributed by atoms with Crippen LogP contribution in [0.25, 0.3) is 11.1 Å². The van der Waals surface area contributed by atoms with Crippen molar-refractivity contribution in [3.63, 3.8) is 0 Å². The summed E-state index contributed by atoms with van der Waals surface area (Å²) in [6.45, 7) is 9.50. The standard InChI is InChI=1S/C27H27F3N4O3.C19H24BrN3O3.C8H5BF3NO2/c1-25(2)12-17(8-9-36-25)22-13-26(23(35)34(3)24(32)33-26)20-11-16(5-7-21(20)37-22)18-10-15(14-31)4-6-19(18)27(28,29)30;1-18(2)9-11(6-7-25-18)15-10-19(16(24)23(3)17(21)22-19)13-8-12(20)4-5-14(13)26-15;10-8(11,12)6-2-1-5(4-13)3-7(6)9(14)15/h4-7,10-11,17,22H,8-9,12-13H2,1-3H3,(H2,32,33);4-5,8,11,15H,6-7,9-10H2,1-3H3,(H2,21,22);1-3,14-15H. The number of carbonyl (C=O) groups is 2. The first-order valence-corrected chi connectivity index (χ1v) is 25.6. The van der Waals surface area contributed by atoms with Gasteiger partial charge in [0.15, 0.2) is 23.0 Å². The van der Waals surface area contributed by atoms with Crippen molar-refractivity contribution in [2.75, 3.05) is 27.3 Å². The number of halogens is 7. The van der Waals surface area contributed by atoms with Crippen LogP contribution in [0.1, 0.15) is 99.6 Å². The van der Waals surface area contributed by atoms with Crippen LogP contribution >= 0.6 is 15.9 Å². The van der Waals surface area contributed by atoms with Gasteiger partial charge in [-0.2, -0.15) is 36.9 Å². The Kier molecular flexibility index (Phi) is 15.6. The third-order valence-electron chi connectivity index (χ3n) is 15.0. The summed E-state index contributed by atoms with van der Waals surface area (Å²) in [4.78, 5) is 38.7. The molecule has 412 valence electrons. The molecule has 0 aliphatic carbocycles. The summed E-state index contributed by atoms with van der Waals surface area (Å²) in [7, 11) is 0.949. The minimum atomic E-state index is -4.67. The quantitative estimate of drug-likeness (QED) is 0.114. The molecular weight excluding hydrogens is 1090 g/mol. The van der Waals surface area contributed by atoms with E-state index in [0.29, 0.717) is 48.7 Å². The van der Waals surface area contributed by atoms with Crippen LogP contribution in [-0.2, 0) is 42.5 Å². The fourth-order valence-electron chi connectivity index (χ4n) is 11.2. The van der Waals surface area contributed by atoms with Crippen molar-refractivity contribution < 1.29 is 64.9 Å². The largest absolute Gasteiger partial charge is 0.490 e. The number of hydrogen-bond donors (Lipinski definition) is 4. The van der Waals surface area contributed by atoms with Crippen molar-refractivity contribution >= 4 is 52.2 Å². The zero-order chi connectivity index (χ0) is 57.1. The normalized spacial score (nSPS) is 25.9. The van der Waals surface area contributed by atoms with Crippen LogP contribution in [0.2, 0.25) is 0 Å². The van der Waals surface area contributed by atoms with E-state index >= 15 is 0 Å². The molecule has 2 saturated heterocycles. The Labute approximate surface area is 454 Å². The number of alkyl halides is 6. The lowest BCUT2D eigenvalue weighted by atomic mass is 9.74. The molecule has 0 radical (unpaired) electrons. The minimum Gasteiger partial charge on any atom is -0.490 e. The van der Waals surface area contributed by atoms with Crippen molar-refractivity contribution in [3.8, 4) is 34.8 Å². The zero-order valence-electron chi connectivity index (χ0n) is 43.3. The van der Waals surface area contributed by atoms with Crippen LogP contribution < -0.4 is 26.4 Å². The van der Waals surface area contributed by atoms with Gasteiger partial charge in [-0.3, -0.25) is 19.4 Å². The topological polar surface area (TPSA) is 242 Å². The number of benzene rings is 4. The zero-order valence-corrected chi connectivity index (χ0v) is 44.9. The number of nitrogens with two attached hydrogens (primary N) is 2. The summed E-state index contributed by atoms with van der Waals surface area (Å²) in [5.74, 6) is 1.35. The lowest BCUT2D eigenvalue weighted by Crippen LogP contribution is -2.49. The van der Waals surface area contributed by atoms with Gasteiger partial charge >= 0.3 is 19.5 Å². The summed E-state index contributed by atoms with van der Waals surface area (Å²) < 4.78 is 104. The molecule has 0 saturated carbocycles. The molecule has 6 atom stereocenters. The van der Waals surface area contributed by atoms with Gasteiger partial charge in [0.1, 0.15) is 23.7 Å². The second-order valence-corrected chi connectivity index (χ2v) is 22.3. The molecule has 4 aromatic rings. The van der Waals surface area contributed by atoms with Crippen molar-refractivity contribution in [2.24, 2.45) is 33.3 Å². The maximum absolute atomic E-state index is 13.9. The van der Waals surface area contributed by atoms with Crippen molar-refractivity contribution in [3.05, 3.63) is 111 Å². The number of nitriles is 2. The summed E-state index contributed by atoms with van der Waals surface area (Å²) in [5, 5.41) is 35.2. The van der Waals surface area contributed by atoms with Gasteiger partial charge in [0, 0.05) is 67.6 Å². The number of ether oxygens (including phenoxy) is 4. The molecule has 0 bridgehead atoms. The smallest absolute Gasteiger partial charge is 0.489 e. The highest BCUT2D eigenvalue weighted by Gasteiger charge is 2.57. The number of rotatable bonds is 4. The van der Waals surface area contributed by atoms with Gasteiger partial charge in [-0.05, 0) is 137 Å². The van der Waals surface area contributed by atoms with Gasteiger partial charge in [0.2, 0.25) is 0 Å². The van der Waals surface area contributed by atoms with Crippen LogP contribution in [0.5, 0.6) is 11.5 Å². The van der Waals surface area contributed by atoms with Crippen LogP contribution in [-0.4, -0.2) is 101 Å². The highest BCUT2D eigenvalue weighted by Crippen LogP contribution is 2.52. The van der Waals surface area contributed by atoms with Crippen molar-refractivity contribution in [1.29, 1.82) is 10.5 Å². The van der Waals surface area contributed by atoms with Gasteiger partial charge in [-0.1, -0.05) is 22.0 Å². The lowest BCUT2D eigenvalue weighted by Gasteiger charge is -2.44. The minimum absolute atomic E-state index is 0.0387. The van der Waals surface area contributed by atoms with Gasteiger partial charge in [0.05, 0.1) is 45.6 Å². The summed E-state index contributed by atoms with van der Waals surface area (Å²) >= 11 is 3.50. The summed E-state index contributed by atoms with van der Waals surface area (Å²) in [6, 6.07) is 19.5. The number of likely N-dealkylation sites (N-methyl/N-ethyl adjacent to an activating group) is 2. The first-order valence-electron chi connectivity index (χ1n) is 24.8. The van der Waals surface area contributed by atoms with E-state index in [1.807, 2.05) is 38.1 Å². The molecule has 2 amide bonds. The molecule has 6 unspecified atom stereocenters. The Hall–Kier alpha value is -6.70. The van der Waals surface area contributed by atoms with E-state index < -0.39 is 47.1 Å². The Morgan fingerprint density at radius 2 is 1.12 bits per heavy atom. The molecule has 2 fully saturated rings. The number of nitrogens with zero attached hydrogens (tertiary/aromatic N) is 6. The van der Waals surface area contributed by atoms with E-state index in [9.17, 15) is 41.2 Å². The number of fused-ring (bicyclic) bond motifs is 4. The van der Waals surface area contributed by atoms with Crippen molar-refractivity contribution in [1.82, 2.24) is 9.80 Å². The van der Waals surface area contributed by atoms with Gasteiger partial charge in [-0.15, -0.1) is 0 Å². The molecule has 2 spiro atoms. The molecule has 0 aromatic heterocycles. The van der Waals surface area contributed by atoms with E-state index in [-0.39, 0.29) is 81.7 Å². The number of amides is 2. The monoisotopic (exact) mass is 1150 g/mol. The molecule has 16 nitrogen and oxygen atoms in total. The van der Waals surface area contributed by atoms with Gasteiger partial charge in [0.25, 0.3) is 11.8 Å².